The Hall–Kier alpha value is -3.85. The van der Waals surface area contributed by atoms with Crippen molar-refractivity contribution in [2.45, 2.75) is 25.9 Å². The molecule has 4 aromatic carbocycles. The van der Waals surface area contributed by atoms with Gasteiger partial charge in [-0.25, -0.2) is 4.39 Å². The van der Waals surface area contributed by atoms with Crippen LogP contribution in [0.4, 0.5) is 10.1 Å². The van der Waals surface area contributed by atoms with Gasteiger partial charge in [-0.15, -0.1) is 0 Å². The summed E-state index contributed by atoms with van der Waals surface area (Å²) >= 11 is 0. The Morgan fingerprint density at radius 2 is 1.30 bits per heavy atom. The summed E-state index contributed by atoms with van der Waals surface area (Å²) in [5.41, 5.74) is 8.14. The van der Waals surface area contributed by atoms with Crippen molar-refractivity contribution in [2.75, 3.05) is 4.90 Å². The van der Waals surface area contributed by atoms with E-state index in [-0.39, 0.29) is 12.0 Å². The zero-order chi connectivity index (χ0) is 22.8. The molecule has 0 saturated heterocycles. The first-order valence-corrected chi connectivity index (χ1v) is 11.4. The second kappa shape index (κ2) is 8.95. The van der Waals surface area contributed by atoms with Crippen molar-refractivity contribution < 1.29 is 4.39 Å². The smallest absolute Gasteiger partial charge is 0.129 e. The zero-order valence-electron chi connectivity index (χ0n) is 18.9. The van der Waals surface area contributed by atoms with Crippen LogP contribution in [0, 0.1) is 5.82 Å². The van der Waals surface area contributed by atoms with Gasteiger partial charge in [0, 0.05) is 23.5 Å². The molecule has 0 radical (unpaired) electrons. The molecule has 0 spiro atoms. The second-order valence-corrected chi connectivity index (χ2v) is 8.70. The van der Waals surface area contributed by atoms with Gasteiger partial charge in [0.25, 0.3) is 0 Å². The fraction of sp³-hybridized carbons (Fsp3) is 0.133. The first-order chi connectivity index (χ1) is 16.1. The predicted molar refractivity (Wildman–Crippen MR) is 135 cm³/mol. The van der Waals surface area contributed by atoms with Gasteiger partial charge in [0.2, 0.25) is 0 Å². The van der Waals surface area contributed by atoms with Gasteiger partial charge < -0.3 is 10.2 Å². The number of anilines is 1. The Bertz CT molecular complexity index is 1200. The van der Waals surface area contributed by atoms with Gasteiger partial charge >= 0.3 is 0 Å². The van der Waals surface area contributed by atoms with Crippen LogP contribution in [0.5, 0.6) is 0 Å². The normalized spacial score (nSPS) is 15.2. The summed E-state index contributed by atoms with van der Waals surface area (Å²) < 4.78 is 13.6. The van der Waals surface area contributed by atoms with Gasteiger partial charge in [-0.05, 0) is 52.4 Å². The molecule has 0 aromatic heterocycles. The standard InChI is InChI=1S/C30H27FN2/c1-21(2)25-19-27(22-9-5-3-6-10-22)29(28(20-25)23-11-7-4-8-12-23)33-18-17-32-30(33)24-13-15-26(31)16-14-24/h3-21,30,32H,1-2H3. The van der Waals surface area contributed by atoms with Gasteiger partial charge in [-0.3, -0.25) is 0 Å². The van der Waals surface area contributed by atoms with E-state index in [9.17, 15) is 4.39 Å². The highest BCUT2D eigenvalue weighted by molar-refractivity contribution is 5.93. The maximum absolute atomic E-state index is 13.6. The molecule has 3 heteroatoms. The molecule has 1 heterocycles. The lowest BCUT2D eigenvalue weighted by atomic mass is 9.89. The molecule has 1 unspecified atom stereocenters. The predicted octanol–water partition coefficient (Wildman–Crippen LogP) is 7.86. The van der Waals surface area contributed by atoms with Crippen molar-refractivity contribution in [1.82, 2.24) is 5.32 Å². The molecule has 4 aromatic rings. The summed E-state index contributed by atoms with van der Waals surface area (Å²) in [6.45, 7) is 4.47. The van der Waals surface area contributed by atoms with Crippen LogP contribution in [-0.2, 0) is 0 Å². The minimum Gasteiger partial charge on any atom is -0.366 e. The third-order valence-electron chi connectivity index (χ3n) is 6.18. The lowest BCUT2D eigenvalue weighted by Crippen LogP contribution is -2.27. The molecule has 1 atom stereocenters. The molecule has 0 saturated carbocycles. The molecule has 5 rings (SSSR count). The Balaban J connectivity index is 1.77. The van der Waals surface area contributed by atoms with Crippen LogP contribution < -0.4 is 10.2 Å². The van der Waals surface area contributed by atoms with Gasteiger partial charge in [0.05, 0.1) is 5.69 Å². The molecule has 0 fully saturated rings. The second-order valence-electron chi connectivity index (χ2n) is 8.70. The molecule has 1 N–H and O–H groups in total. The third-order valence-corrected chi connectivity index (χ3v) is 6.18. The van der Waals surface area contributed by atoms with Gasteiger partial charge in [0.15, 0.2) is 0 Å². The van der Waals surface area contributed by atoms with Crippen molar-refractivity contribution in [3.8, 4) is 22.3 Å². The molecule has 0 aliphatic carbocycles. The van der Waals surface area contributed by atoms with Gasteiger partial charge in [-0.1, -0.05) is 86.6 Å². The minimum atomic E-state index is -0.229. The fourth-order valence-corrected chi connectivity index (χ4v) is 4.43. The van der Waals surface area contributed by atoms with E-state index in [0.29, 0.717) is 5.92 Å². The third kappa shape index (κ3) is 4.14. The minimum absolute atomic E-state index is 0.125. The van der Waals surface area contributed by atoms with E-state index in [1.165, 1.54) is 39.9 Å². The molecular formula is C30H27FN2. The summed E-state index contributed by atoms with van der Waals surface area (Å²) in [6.07, 6.45) is 3.92. The summed E-state index contributed by atoms with van der Waals surface area (Å²) in [5.74, 6) is 0.164. The number of hydrogen-bond donors (Lipinski definition) is 1. The van der Waals surface area contributed by atoms with Crippen LogP contribution in [0.15, 0.2) is 109 Å². The van der Waals surface area contributed by atoms with Crippen LogP contribution >= 0.6 is 0 Å². The number of halogens is 1. The molecule has 164 valence electrons. The van der Waals surface area contributed by atoms with Crippen LogP contribution in [-0.4, -0.2) is 0 Å². The van der Waals surface area contributed by atoms with Crippen LogP contribution in [0.3, 0.4) is 0 Å². The van der Waals surface area contributed by atoms with Gasteiger partial charge in [-0.2, -0.15) is 0 Å². The van der Waals surface area contributed by atoms with Crippen molar-refractivity contribution in [3.63, 3.8) is 0 Å². The molecule has 1 aliphatic rings. The van der Waals surface area contributed by atoms with E-state index in [1.807, 2.05) is 30.5 Å². The summed E-state index contributed by atoms with van der Waals surface area (Å²) in [7, 11) is 0. The van der Waals surface area contributed by atoms with E-state index in [0.717, 1.165) is 11.3 Å². The lowest BCUT2D eigenvalue weighted by molar-refractivity contribution is 0.621. The topological polar surface area (TPSA) is 15.3 Å². The molecule has 2 nitrogen and oxygen atoms in total. The Morgan fingerprint density at radius 3 is 1.82 bits per heavy atom. The molecular weight excluding hydrogens is 407 g/mol. The number of nitrogens with one attached hydrogen (secondary N) is 1. The Morgan fingerprint density at radius 1 is 0.758 bits per heavy atom. The molecule has 1 aliphatic heterocycles. The van der Waals surface area contributed by atoms with Crippen molar-refractivity contribution in [3.05, 3.63) is 126 Å². The molecule has 0 bridgehead atoms. The quantitative estimate of drug-likeness (QED) is 0.344. The first kappa shape index (κ1) is 21.0. The van der Waals surface area contributed by atoms with Crippen molar-refractivity contribution in [2.24, 2.45) is 0 Å². The number of rotatable bonds is 5. The lowest BCUT2D eigenvalue weighted by Gasteiger charge is -2.31. The highest BCUT2D eigenvalue weighted by Gasteiger charge is 2.28. The fourth-order valence-electron chi connectivity index (χ4n) is 4.43. The van der Waals surface area contributed by atoms with Crippen LogP contribution in [0.25, 0.3) is 22.3 Å². The van der Waals surface area contributed by atoms with E-state index in [4.69, 9.17) is 0 Å². The number of nitrogens with zero attached hydrogens (tertiary/aromatic N) is 1. The largest absolute Gasteiger partial charge is 0.366 e. The summed E-state index contributed by atoms with van der Waals surface area (Å²) in [5, 5.41) is 3.46. The van der Waals surface area contributed by atoms with Gasteiger partial charge in [0.1, 0.15) is 12.0 Å². The highest BCUT2D eigenvalue weighted by atomic mass is 19.1. The Kier molecular flexibility index (Phi) is 5.70. The van der Waals surface area contributed by atoms with E-state index < -0.39 is 0 Å². The maximum Gasteiger partial charge on any atom is 0.129 e. The Labute approximate surface area is 195 Å². The zero-order valence-corrected chi connectivity index (χ0v) is 18.9. The first-order valence-electron chi connectivity index (χ1n) is 11.4. The van der Waals surface area contributed by atoms with Crippen LogP contribution in [0.2, 0.25) is 0 Å². The highest BCUT2D eigenvalue weighted by Crippen LogP contribution is 2.45. The summed E-state index contributed by atoms with van der Waals surface area (Å²) in [6, 6.07) is 32.4. The monoisotopic (exact) mass is 434 g/mol. The summed E-state index contributed by atoms with van der Waals surface area (Å²) in [4.78, 5) is 2.27. The number of benzene rings is 4. The van der Waals surface area contributed by atoms with Crippen molar-refractivity contribution >= 4 is 5.69 Å². The van der Waals surface area contributed by atoms with Crippen LogP contribution in [0.1, 0.15) is 37.1 Å². The maximum atomic E-state index is 13.6. The van der Waals surface area contributed by atoms with Crippen molar-refractivity contribution in [1.29, 1.82) is 0 Å². The SMILES string of the molecule is CC(C)c1cc(-c2ccccc2)c(N2C=CNC2c2ccc(F)cc2)c(-c2ccccc2)c1. The molecule has 33 heavy (non-hydrogen) atoms. The average molecular weight is 435 g/mol. The average Bonchev–Trinajstić information content (AvgIpc) is 3.34. The van der Waals surface area contributed by atoms with E-state index >= 15 is 0 Å². The van der Waals surface area contributed by atoms with E-state index in [2.05, 4.69) is 90.9 Å². The number of hydrogen-bond acceptors (Lipinski definition) is 2. The molecule has 0 amide bonds. The van der Waals surface area contributed by atoms with E-state index in [1.54, 1.807) is 0 Å².